The first-order chi connectivity index (χ1) is 11.9. The van der Waals surface area contributed by atoms with Gasteiger partial charge in [0.15, 0.2) is 0 Å². The van der Waals surface area contributed by atoms with Crippen LogP contribution < -0.4 is 5.32 Å². The van der Waals surface area contributed by atoms with Crippen molar-refractivity contribution in [2.24, 2.45) is 17.8 Å². The minimum atomic E-state index is 0.833. The van der Waals surface area contributed by atoms with E-state index in [9.17, 15) is 0 Å². The minimum Gasteiger partial charge on any atom is -0.320 e. The minimum absolute atomic E-state index is 0.833. The highest BCUT2D eigenvalue weighted by molar-refractivity contribution is 4.65. The second-order valence-corrected chi connectivity index (χ2v) is 7.29. The normalized spacial score (nSPS) is 14.2. The molecule has 0 saturated carbocycles. The van der Waals surface area contributed by atoms with E-state index in [1.807, 2.05) is 34.7 Å². The molecule has 2 nitrogen and oxygen atoms in total. The number of nitrogens with one attached hydrogen (secondary N) is 1. The van der Waals surface area contributed by atoms with Gasteiger partial charge in [-0.25, -0.2) is 0 Å². The summed E-state index contributed by atoms with van der Waals surface area (Å²) in [6, 6.07) is 0. The molecule has 1 aliphatic heterocycles. The van der Waals surface area contributed by atoms with Crippen LogP contribution in [-0.4, -0.2) is 38.6 Å². The van der Waals surface area contributed by atoms with Crippen molar-refractivity contribution in [3.05, 3.63) is 0 Å². The molecule has 0 spiro atoms. The molecule has 0 aromatic heterocycles. The Hall–Kier alpha value is -0.0800. The molecule has 0 aromatic carbocycles. The van der Waals surface area contributed by atoms with Gasteiger partial charge in [0.05, 0.1) is 0 Å². The molecule has 0 bridgehead atoms. The number of likely N-dealkylation sites (tertiary alicyclic amines) is 1. The Morgan fingerprint density at radius 3 is 1.52 bits per heavy atom. The Labute approximate surface area is 163 Å². The Bertz CT molecular complexity index is 168. The van der Waals surface area contributed by atoms with Crippen molar-refractivity contribution in [1.29, 1.82) is 0 Å². The number of hydrogen-bond acceptors (Lipinski definition) is 2. The third kappa shape index (κ3) is 35.8. The molecule has 1 N–H and O–H groups in total. The fourth-order valence-corrected chi connectivity index (χ4v) is 2.18. The number of piperidine rings is 1. The van der Waals surface area contributed by atoms with E-state index in [0.29, 0.717) is 0 Å². The summed E-state index contributed by atoms with van der Waals surface area (Å²) in [5.41, 5.74) is 0. The summed E-state index contributed by atoms with van der Waals surface area (Å²) in [6.45, 7) is 25.2. The highest BCUT2D eigenvalue weighted by atomic mass is 15.1. The molecule has 0 atom stereocenters. The maximum atomic E-state index is 3.17. The zero-order chi connectivity index (χ0) is 20.7. The molecule has 158 valence electrons. The van der Waals surface area contributed by atoms with Gasteiger partial charge in [-0.3, -0.25) is 0 Å². The standard InChI is InChI=1S/C8H19N.C7H15N.C4H10.2C2H6/c1-4-8(5-2)6-7-9-3;1-7-3-5-8(2)6-4-7;1-4(2)3;2*1-2/h8-9H,4-7H2,1-3H3;7H,3-6H2,1-2H3;4H,1-3H3;2*1-2H3. The van der Waals surface area contributed by atoms with Crippen molar-refractivity contribution in [3.63, 3.8) is 0 Å². The molecule has 0 amide bonds. The predicted molar refractivity (Wildman–Crippen MR) is 122 cm³/mol. The summed E-state index contributed by atoms with van der Waals surface area (Å²) in [5, 5.41) is 3.17. The van der Waals surface area contributed by atoms with Gasteiger partial charge in [0.1, 0.15) is 0 Å². The van der Waals surface area contributed by atoms with Gasteiger partial charge in [-0.15, -0.1) is 0 Å². The van der Waals surface area contributed by atoms with Crippen LogP contribution in [0.3, 0.4) is 0 Å². The van der Waals surface area contributed by atoms with Gasteiger partial charge >= 0.3 is 0 Å². The Morgan fingerprint density at radius 2 is 1.28 bits per heavy atom. The summed E-state index contributed by atoms with van der Waals surface area (Å²) >= 11 is 0. The van der Waals surface area contributed by atoms with Gasteiger partial charge < -0.3 is 10.2 Å². The van der Waals surface area contributed by atoms with Crippen molar-refractivity contribution in [3.8, 4) is 0 Å². The van der Waals surface area contributed by atoms with Gasteiger partial charge in [0, 0.05) is 0 Å². The maximum absolute atomic E-state index is 3.17. The molecule has 0 aromatic rings. The van der Waals surface area contributed by atoms with Gasteiger partial charge in [-0.1, -0.05) is 82.1 Å². The first kappa shape index (κ1) is 32.6. The van der Waals surface area contributed by atoms with Gasteiger partial charge in [-0.2, -0.15) is 0 Å². The van der Waals surface area contributed by atoms with Crippen molar-refractivity contribution in [2.75, 3.05) is 33.7 Å². The van der Waals surface area contributed by atoms with Gasteiger partial charge in [0.25, 0.3) is 0 Å². The topological polar surface area (TPSA) is 15.3 Å². The third-order valence-electron chi connectivity index (χ3n) is 3.96. The summed E-state index contributed by atoms with van der Waals surface area (Å²) in [4.78, 5) is 2.40. The lowest BCUT2D eigenvalue weighted by molar-refractivity contribution is 0.230. The van der Waals surface area contributed by atoms with Crippen molar-refractivity contribution >= 4 is 0 Å². The number of rotatable bonds is 5. The van der Waals surface area contributed by atoms with E-state index in [2.05, 4.69) is 58.8 Å². The lowest BCUT2D eigenvalue weighted by Gasteiger charge is -2.26. The van der Waals surface area contributed by atoms with Crippen molar-refractivity contribution < 1.29 is 0 Å². The summed E-state index contributed by atoms with van der Waals surface area (Å²) < 4.78 is 0. The largest absolute Gasteiger partial charge is 0.320 e. The van der Waals surface area contributed by atoms with Crippen LogP contribution in [0.2, 0.25) is 0 Å². The lowest BCUT2D eigenvalue weighted by atomic mass is 10.00. The third-order valence-corrected chi connectivity index (χ3v) is 3.96. The second kappa shape index (κ2) is 28.7. The predicted octanol–water partition coefficient (Wildman–Crippen LogP) is 7.09. The highest BCUT2D eigenvalue weighted by Gasteiger charge is 2.10. The van der Waals surface area contributed by atoms with E-state index >= 15 is 0 Å². The van der Waals surface area contributed by atoms with Crippen LogP contribution >= 0.6 is 0 Å². The summed E-state index contributed by atoms with van der Waals surface area (Å²) in [6.07, 6.45) is 6.80. The van der Waals surface area contributed by atoms with Crippen LogP contribution in [0.5, 0.6) is 0 Å². The molecule has 1 rings (SSSR count). The molecular formula is C23H56N2. The molecule has 1 aliphatic rings. The fourth-order valence-electron chi connectivity index (χ4n) is 2.18. The number of hydrogen-bond donors (Lipinski definition) is 1. The lowest BCUT2D eigenvalue weighted by Crippen LogP contribution is -2.28. The smallest absolute Gasteiger partial charge is 0.00192 e. The molecule has 0 aliphatic carbocycles. The maximum Gasteiger partial charge on any atom is -0.00192 e. The average molecular weight is 361 g/mol. The van der Waals surface area contributed by atoms with E-state index < -0.39 is 0 Å². The molecule has 1 fully saturated rings. The quantitative estimate of drug-likeness (QED) is 0.562. The van der Waals surface area contributed by atoms with E-state index in [1.165, 1.54) is 51.7 Å². The Morgan fingerprint density at radius 1 is 0.920 bits per heavy atom. The molecular weight excluding hydrogens is 304 g/mol. The highest BCUT2D eigenvalue weighted by Crippen LogP contribution is 2.13. The SMILES string of the molecule is CC.CC.CC(C)C.CC1CCN(C)CC1.CCC(CC)CCNC. The van der Waals surface area contributed by atoms with Gasteiger partial charge in [0.2, 0.25) is 0 Å². The molecule has 2 heteroatoms. The first-order valence-corrected chi connectivity index (χ1v) is 11.2. The van der Waals surface area contributed by atoms with Crippen LogP contribution in [0.1, 0.15) is 101 Å². The van der Waals surface area contributed by atoms with E-state index in [-0.39, 0.29) is 0 Å². The van der Waals surface area contributed by atoms with Crippen molar-refractivity contribution in [2.45, 2.75) is 101 Å². The molecule has 0 unspecified atom stereocenters. The summed E-state index contributed by atoms with van der Waals surface area (Å²) in [7, 11) is 4.22. The molecule has 1 saturated heterocycles. The zero-order valence-electron chi connectivity index (χ0n) is 20.3. The summed E-state index contributed by atoms with van der Waals surface area (Å²) in [5.74, 6) is 2.75. The molecule has 25 heavy (non-hydrogen) atoms. The van der Waals surface area contributed by atoms with E-state index in [4.69, 9.17) is 0 Å². The van der Waals surface area contributed by atoms with Crippen LogP contribution in [0.15, 0.2) is 0 Å². The van der Waals surface area contributed by atoms with Crippen molar-refractivity contribution in [1.82, 2.24) is 10.2 Å². The van der Waals surface area contributed by atoms with Crippen LogP contribution in [-0.2, 0) is 0 Å². The average Bonchev–Trinajstić information content (AvgIpc) is 2.62. The van der Waals surface area contributed by atoms with Crippen LogP contribution in [0.25, 0.3) is 0 Å². The van der Waals surface area contributed by atoms with Crippen LogP contribution in [0, 0.1) is 17.8 Å². The van der Waals surface area contributed by atoms with Crippen LogP contribution in [0.4, 0.5) is 0 Å². The zero-order valence-corrected chi connectivity index (χ0v) is 20.3. The number of nitrogens with zero attached hydrogens (tertiary/aromatic N) is 1. The van der Waals surface area contributed by atoms with E-state index in [0.717, 1.165) is 17.8 Å². The molecule has 1 heterocycles. The Balaban J connectivity index is -0.000000126. The fraction of sp³-hybridized carbons (Fsp3) is 1.00. The van der Waals surface area contributed by atoms with E-state index in [1.54, 1.807) is 0 Å². The first-order valence-electron chi connectivity index (χ1n) is 11.2. The Kier molecular flexibility index (Phi) is 37.4. The van der Waals surface area contributed by atoms with Gasteiger partial charge in [-0.05, 0) is 70.7 Å². The molecule has 0 radical (unpaired) electrons. The monoisotopic (exact) mass is 360 g/mol. The second-order valence-electron chi connectivity index (χ2n) is 7.29.